The first-order valence-corrected chi connectivity index (χ1v) is 9.92. The van der Waals surface area contributed by atoms with Crippen molar-refractivity contribution in [1.29, 1.82) is 0 Å². The monoisotopic (exact) mass is 426 g/mol. The summed E-state index contributed by atoms with van der Waals surface area (Å²) in [6.45, 7) is 8.37. The molecule has 30 heavy (non-hydrogen) atoms. The van der Waals surface area contributed by atoms with Crippen molar-refractivity contribution in [3.8, 4) is 22.7 Å². The molecule has 0 bridgehead atoms. The second-order valence-electron chi connectivity index (χ2n) is 7.70. The number of aromatic nitrogens is 5. The van der Waals surface area contributed by atoms with Crippen molar-refractivity contribution in [3.63, 3.8) is 0 Å². The third-order valence-corrected chi connectivity index (χ3v) is 5.16. The molecule has 8 heteroatoms. The number of rotatable bonds is 6. The van der Waals surface area contributed by atoms with Gasteiger partial charge in [-0.3, -0.25) is 0 Å². The van der Waals surface area contributed by atoms with Crippen molar-refractivity contribution in [2.75, 3.05) is 7.05 Å². The Hall–Kier alpha value is -2.77. The topological polar surface area (TPSA) is 81.7 Å². The Morgan fingerprint density at radius 2 is 1.87 bits per heavy atom. The SMILES string of the molecule is CNC(C)Cc1noc(-c2cc(-c3ccccc3C)nc3c2cnn3C(C)C)n1.Cl. The molecule has 0 radical (unpaired) electrons. The Morgan fingerprint density at radius 1 is 1.10 bits per heavy atom. The van der Waals surface area contributed by atoms with E-state index in [1.54, 1.807) is 0 Å². The maximum absolute atomic E-state index is 5.64. The summed E-state index contributed by atoms with van der Waals surface area (Å²) < 4.78 is 7.57. The van der Waals surface area contributed by atoms with Crippen LogP contribution in [0.4, 0.5) is 0 Å². The fraction of sp³-hybridized carbons (Fsp3) is 0.364. The zero-order valence-corrected chi connectivity index (χ0v) is 18.7. The van der Waals surface area contributed by atoms with Crippen LogP contribution in [0.5, 0.6) is 0 Å². The van der Waals surface area contributed by atoms with Crippen LogP contribution >= 0.6 is 12.4 Å². The Kier molecular flexibility index (Phi) is 6.53. The molecule has 0 spiro atoms. The molecule has 7 nitrogen and oxygen atoms in total. The molecule has 0 aliphatic carbocycles. The van der Waals surface area contributed by atoms with Gasteiger partial charge in [0.05, 0.1) is 22.8 Å². The second-order valence-corrected chi connectivity index (χ2v) is 7.70. The lowest BCUT2D eigenvalue weighted by molar-refractivity contribution is 0.418. The van der Waals surface area contributed by atoms with Crippen molar-refractivity contribution >= 4 is 23.4 Å². The minimum Gasteiger partial charge on any atom is -0.334 e. The average molecular weight is 427 g/mol. The summed E-state index contributed by atoms with van der Waals surface area (Å²) in [7, 11) is 1.92. The van der Waals surface area contributed by atoms with Crippen molar-refractivity contribution in [1.82, 2.24) is 30.2 Å². The predicted molar refractivity (Wildman–Crippen MR) is 121 cm³/mol. The number of fused-ring (bicyclic) bond motifs is 1. The molecule has 158 valence electrons. The lowest BCUT2D eigenvalue weighted by Crippen LogP contribution is -2.24. The highest BCUT2D eigenvalue weighted by atomic mass is 35.5. The second kappa shape index (κ2) is 8.93. The van der Waals surface area contributed by atoms with Crippen LogP contribution < -0.4 is 5.32 Å². The van der Waals surface area contributed by atoms with Crippen LogP contribution in [0.3, 0.4) is 0 Å². The van der Waals surface area contributed by atoms with E-state index in [4.69, 9.17) is 9.51 Å². The van der Waals surface area contributed by atoms with E-state index in [0.29, 0.717) is 18.1 Å². The molecule has 1 atom stereocenters. The van der Waals surface area contributed by atoms with Gasteiger partial charge in [0.15, 0.2) is 11.5 Å². The largest absolute Gasteiger partial charge is 0.334 e. The smallest absolute Gasteiger partial charge is 0.258 e. The highest BCUT2D eigenvalue weighted by molar-refractivity contribution is 5.93. The number of pyridine rings is 1. The minimum atomic E-state index is 0. The number of aryl methyl sites for hydroxylation is 1. The highest BCUT2D eigenvalue weighted by Gasteiger charge is 2.20. The van der Waals surface area contributed by atoms with Crippen LogP contribution in [-0.2, 0) is 6.42 Å². The Bertz CT molecular complexity index is 1150. The van der Waals surface area contributed by atoms with Gasteiger partial charge in [-0.25, -0.2) is 9.67 Å². The first kappa shape index (κ1) is 21.9. The lowest BCUT2D eigenvalue weighted by Gasteiger charge is -2.10. The van der Waals surface area contributed by atoms with Crippen molar-refractivity contribution in [3.05, 3.63) is 47.9 Å². The number of benzene rings is 1. The summed E-state index contributed by atoms with van der Waals surface area (Å²) in [5.41, 5.74) is 4.79. The Labute approximate surface area is 182 Å². The molecular weight excluding hydrogens is 400 g/mol. The maximum Gasteiger partial charge on any atom is 0.258 e. The summed E-state index contributed by atoms with van der Waals surface area (Å²) >= 11 is 0. The van der Waals surface area contributed by atoms with Crippen molar-refractivity contribution < 1.29 is 4.52 Å². The fourth-order valence-electron chi connectivity index (χ4n) is 3.39. The third kappa shape index (κ3) is 4.08. The predicted octanol–water partition coefficient (Wildman–Crippen LogP) is 4.61. The van der Waals surface area contributed by atoms with Crippen LogP contribution in [0.15, 0.2) is 41.1 Å². The molecule has 0 amide bonds. The third-order valence-electron chi connectivity index (χ3n) is 5.16. The summed E-state index contributed by atoms with van der Waals surface area (Å²) in [5, 5.41) is 12.8. The van der Waals surface area contributed by atoms with E-state index >= 15 is 0 Å². The van der Waals surface area contributed by atoms with E-state index in [1.807, 2.05) is 36.1 Å². The normalized spacial score (nSPS) is 12.3. The standard InChI is InChI=1S/C22H26N6O.ClH/c1-13(2)28-21-18(12-24-28)17(22-26-20(27-29-22)10-15(4)23-5)11-19(25-21)16-9-7-6-8-14(16)3;/h6-9,11-13,15,23H,10H2,1-5H3;1H. The van der Waals surface area contributed by atoms with Crippen LogP contribution in [0.25, 0.3) is 33.7 Å². The zero-order valence-electron chi connectivity index (χ0n) is 17.9. The van der Waals surface area contributed by atoms with Gasteiger partial charge in [-0.2, -0.15) is 10.1 Å². The summed E-state index contributed by atoms with van der Waals surface area (Å²) in [4.78, 5) is 9.59. The molecule has 4 aromatic rings. The Balaban J connectivity index is 0.00000256. The van der Waals surface area contributed by atoms with E-state index in [1.165, 1.54) is 0 Å². The maximum atomic E-state index is 5.64. The first-order chi connectivity index (χ1) is 14.0. The van der Waals surface area contributed by atoms with Crippen molar-refractivity contribution in [2.45, 2.75) is 46.2 Å². The van der Waals surface area contributed by atoms with Crippen LogP contribution in [-0.4, -0.2) is 38.0 Å². The summed E-state index contributed by atoms with van der Waals surface area (Å²) in [6.07, 6.45) is 2.53. The summed E-state index contributed by atoms with van der Waals surface area (Å²) in [6, 6.07) is 10.7. The van der Waals surface area contributed by atoms with Gasteiger partial charge in [0.2, 0.25) is 0 Å². The minimum absolute atomic E-state index is 0. The van der Waals surface area contributed by atoms with Gasteiger partial charge in [-0.1, -0.05) is 29.4 Å². The van der Waals surface area contributed by atoms with Gasteiger partial charge >= 0.3 is 0 Å². The summed E-state index contributed by atoms with van der Waals surface area (Å²) in [5.74, 6) is 1.18. The van der Waals surface area contributed by atoms with Gasteiger partial charge in [-0.15, -0.1) is 12.4 Å². The van der Waals surface area contributed by atoms with E-state index in [9.17, 15) is 0 Å². The lowest BCUT2D eigenvalue weighted by atomic mass is 10.0. The fourth-order valence-corrected chi connectivity index (χ4v) is 3.39. The van der Waals surface area contributed by atoms with Gasteiger partial charge in [-0.05, 0) is 46.4 Å². The van der Waals surface area contributed by atoms with Crippen LogP contribution in [0.1, 0.15) is 38.2 Å². The molecule has 3 heterocycles. The number of likely N-dealkylation sites (N-methyl/N-ethyl adjacent to an activating group) is 1. The molecule has 1 unspecified atom stereocenters. The highest BCUT2D eigenvalue weighted by Crippen LogP contribution is 2.33. The molecule has 0 fully saturated rings. The molecule has 3 aromatic heterocycles. The molecule has 0 saturated carbocycles. The quantitative estimate of drug-likeness (QED) is 0.484. The number of hydrogen-bond donors (Lipinski definition) is 1. The average Bonchev–Trinajstić information content (AvgIpc) is 3.34. The van der Waals surface area contributed by atoms with E-state index in [2.05, 4.69) is 60.4 Å². The van der Waals surface area contributed by atoms with E-state index in [0.717, 1.165) is 33.4 Å². The van der Waals surface area contributed by atoms with E-state index < -0.39 is 0 Å². The Morgan fingerprint density at radius 3 is 2.57 bits per heavy atom. The van der Waals surface area contributed by atoms with Crippen LogP contribution in [0, 0.1) is 6.92 Å². The van der Waals surface area contributed by atoms with Gasteiger partial charge in [0, 0.05) is 24.1 Å². The number of halogens is 1. The van der Waals surface area contributed by atoms with Crippen molar-refractivity contribution in [2.24, 2.45) is 0 Å². The molecule has 0 aliphatic rings. The number of hydrogen-bond acceptors (Lipinski definition) is 6. The van der Waals surface area contributed by atoms with Gasteiger partial charge in [0.25, 0.3) is 5.89 Å². The van der Waals surface area contributed by atoms with E-state index in [-0.39, 0.29) is 24.5 Å². The van der Waals surface area contributed by atoms with Gasteiger partial charge in [0.1, 0.15) is 0 Å². The molecule has 4 rings (SSSR count). The number of nitrogens with one attached hydrogen (secondary N) is 1. The molecule has 0 aliphatic heterocycles. The zero-order chi connectivity index (χ0) is 20.5. The molecule has 0 saturated heterocycles. The molecular formula is C22H27ClN6O. The molecule has 1 aromatic carbocycles. The van der Waals surface area contributed by atoms with Crippen LogP contribution in [0.2, 0.25) is 0 Å². The van der Waals surface area contributed by atoms with Gasteiger partial charge < -0.3 is 9.84 Å². The molecule has 1 N–H and O–H groups in total. The number of nitrogens with zero attached hydrogens (tertiary/aromatic N) is 5. The first-order valence-electron chi connectivity index (χ1n) is 9.92.